The Balaban J connectivity index is 1.83. The number of hydrogen-bond acceptors (Lipinski definition) is 3. The van der Waals surface area contributed by atoms with E-state index in [1.807, 2.05) is 5.01 Å². The second-order valence-corrected chi connectivity index (χ2v) is 8.65. The molecule has 9 heteroatoms. The van der Waals surface area contributed by atoms with E-state index >= 15 is 4.39 Å². The number of carbonyl (C=O) groups is 1. The van der Waals surface area contributed by atoms with Gasteiger partial charge in [-0.15, -0.1) is 0 Å². The van der Waals surface area contributed by atoms with Crippen LogP contribution in [0.2, 0.25) is 15.1 Å². The predicted molar refractivity (Wildman–Crippen MR) is 122 cm³/mol. The number of hydrazine groups is 1. The summed E-state index contributed by atoms with van der Waals surface area (Å²) in [6.07, 6.45) is 3.10. The Morgan fingerprint density at radius 3 is 2.29 bits per heavy atom. The Kier molecular flexibility index (Phi) is 6.53. The fourth-order valence-electron chi connectivity index (χ4n) is 3.68. The lowest BCUT2D eigenvalue weighted by Gasteiger charge is -2.34. The molecule has 162 valence electrons. The van der Waals surface area contributed by atoms with Crippen LogP contribution in [-0.2, 0) is 0 Å². The zero-order chi connectivity index (χ0) is 22.1. The van der Waals surface area contributed by atoms with Gasteiger partial charge in [0.05, 0.1) is 10.7 Å². The minimum atomic E-state index is -0.720. The zero-order valence-corrected chi connectivity index (χ0v) is 19.1. The highest BCUT2D eigenvalue weighted by Crippen LogP contribution is 2.33. The number of aromatic nitrogens is 2. The molecule has 1 aliphatic rings. The number of benzene rings is 2. The molecule has 31 heavy (non-hydrogen) atoms. The van der Waals surface area contributed by atoms with Crippen LogP contribution >= 0.6 is 34.8 Å². The topological polar surface area (TPSA) is 41.4 Å². The molecule has 0 atom stereocenters. The van der Waals surface area contributed by atoms with E-state index in [1.165, 1.54) is 9.69 Å². The molecule has 5 nitrogen and oxygen atoms in total. The third-order valence-corrected chi connectivity index (χ3v) is 6.13. The summed E-state index contributed by atoms with van der Waals surface area (Å²) in [6, 6.07) is 11.5. The maximum atomic E-state index is 15.7. The molecule has 1 aromatic heterocycles. The summed E-state index contributed by atoms with van der Waals surface area (Å²) in [5, 5.41) is 8.96. The van der Waals surface area contributed by atoms with E-state index < -0.39 is 11.7 Å². The van der Waals surface area contributed by atoms with Gasteiger partial charge in [-0.2, -0.15) is 5.10 Å². The van der Waals surface area contributed by atoms with Gasteiger partial charge in [0.1, 0.15) is 5.69 Å². The average molecular weight is 482 g/mol. The molecule has 1 aliphatic heterocycles. The van der Waals surface area contributed by atoms with Crippen LogP contribution in [0.3, 0.4) is 0 Å². The summed E-state index contributed by atoms with van der Waals surface area (Å²) < 4.78 is 17.0. The monoisotopic (exact) mass is 480 g/mol. The van der Waals surface area contributed by atoms with Crippen LogP contribution in [0.15, 0.2) is 42.5 Å². The Bertz CT molecular complexity index is 1110. The third-order valence-electron chi connectivity index (χ3n) is 5.34. The maximum absolute atomic E-state index is 15.7. The highest BCUT2D eigenvalue weighted by molar-refractivity contribution is 6.35. The van der Waals surface area contributed by atoms with Crippen molar-refractivity contribution in [1.82, 2.24) is 19.8 Å². The van der Waals surface area contributed by atoms with Crippen LogP contribution in [0.5, 0.6) is 0 Å². The molecule has 0 radical (unpaired) electrons. The first-order valence-electron chi connectivity index (χ1n) is 9.89. The number of nitrogens with zero attached hydrogens (tertiary/aromatic N) is 4. The molecule has 0 bridgehead atoms. The Morgan fingerprint density at radius 1 is 1.00 bits per heavy atom. The van der Waals surface area contributed by atoms with Gasteiger partial charge in [-0.25, -0.2) is 14.1 Å². The molecule has 0 unspecified atom stereocenters. The smallest absolute Gasteiger partial charge is 0.273 e. The van der Waals surface area contributed by atoms with Gasteiger partial charge in [0.25, 0.3) is 5.91 Å². The summed E-state index contributed by atoms with van der Waals surface area (Å²) in [5.74, 6) is -1.24. The molecule has 0 N–H and O–H groups in total. The van der Waals surface area contributed by atoms with Gasteiger partial charge in [0.2, 0.25) is 0 Å². The quantitative estimate of drug-likeness (QED) is 0.451. The highest BCUT2D eigenvalue weighted by Gasteiger charge is 2.30. The molecule has 2 heterocycles. The summed E-state index contributed by atoms with van der Waals surface area (Å²) >= 11 is 18.4. The summed E-state index contributed by atoms with van der Waals surface area (Å²) in [7, 11) is 1.64. The maximum Gasteiger partial charge on any atom is 0.291 e. The van der Waals surface area contributed by atoms with Crippen molar-refractivity contribution >= 4 is 40.7 Å². The zero-order valence-electron chi connectivity index (χ0n) is 16.8. The van der Waals surface area contributed by atoms with Crippen molar-refractivity contribution in [2.24, 2.45) is 0 Å². The number of halogens is 4. The van der Waals surface area contributed by atoms with Crippen LogP contribution in [0, 0.1) is 5.82 Å². The molecule has 4 rings (SSSR count). The molecule has 0 saturated carbocycles. The van der Waals surface area contributed by atoms with Crippen LogP contribution in [-0.4, -0.2) is 45.8 Å². The van der Waals surface area contributed by atoms with Gasteiger partial charge in [-0.05, 0) is 43.2 Å². The molecular weight excluding hydrogens is 462 g/mol. The Morgan fingerprint density at radius 2 is 1.65 bits per heavy atom. The van der Waals surface area contributed by atoms with E-state index in [1.54, 1.807) is 49.5 Å². The summed E-state index contributed by atoms with van der Waals surface area (Å²) in [6.45, 7) is 1.50. The minimum absolute atomic E-state index is 0.122. The first-order valence-corrected chi connectivity index (χ1v) is 11.0. The lowest BCUT2D eigenvalue weighted by Crippen LogP contribution is -2.46. The molecule has 3 aromatic rings. The molecule has 1 saturated heterocycles. The van der Waals surface area contributed by atoms with Crippen LogP contribution in [0.1, 0.15) is 29.8 Å². The van der Waals surface area contributed by atoms with Gasteiger partial charge in [0.15, 0.2) is 11.5 Å². The first kappa shape index (κ1) is 22.1. The van der Waals surface area contributed by atoms with Crippen LogP contribution < -0.4 is 0 Å². The lowest BCUT2D eigenvalue weighted by atomic mass is 10.1. The van der Waals surface area contributed by atoms with E-state index in [0.29, 0.717) is 21.3 Å². The van der Waals surface area contributed by atoms with Gasteiger partial charge in [-0.1, -0.05) is 53.4 Å². The van der Waals surface area contributed by atoms with Crippen molar-refractivity contribution in [3.63, 3.8) is 0 Å². The van der Waals surface area contributed by atoms with Crippen LogP contribution in [0.4, 0.5) is 4.39 Å². The van der Waals surface area contributed by atoms with Crippen molar-refractivity contribution < 1.29 is 9.18 Å². The second kappa shape index (κ2) is 9.17. The number of amides is 1. The lowest BCUT2D eigenvalue weighted by molar-refractivity contribution is -0.00581. The average Bonchev–Trinajstić information content (AvgIpc) is 3.10. The van der Waals surface area contributed by atoms with Gasteiger partial charge in [0, 0.05) is 35.7 Å². The Hall–Kier alpha value is -2.12. The van der Waals surface area contributed by atoms with E-state index in [-0.39, 0.29) is 16.4 Å². The van der Waals surface area contributed by atoms with Gasteiger partial charge in [-0.3, -0.25) is 9.80 Å². The van der Waals surface area contributed by atoms with Gasteiger partial charge < -0.3 is 0 Å². The Labute approximate surface area is 194 Å². The number of hydrogen-bond donors (Lipinski definition) is 0. The summed E-state index contributed by atoms with van der Waals surface area (Å²) in [4.78, 5) is 13.2. The van der Waals surface area contributed by atoms with E-state index in [0.717, 1.165) is 32.4 Å². The normalized spacial score (nSPS) is 14.6. The van der Waals surface area contributed by atoms with Gasteiger partial charge >= 0.3 is 0 Å². The minimum Gasteiger partial charge on any atom is -0.273 e. The SMILES string of the molecule is CN(C(=O)c1nn(-c2ccc(Cl)cc2Cl)c(-c2ccc(Cl)cc2)c1F)N1CCCCC1. The van der Waals surface area contributed by atoms with Crippen LogP contribution in [0.25, 0.3) is 16.9 Å². The molecule has 0 spiro atoms. The summed E-state index contributed by atoms with van der Waals surface area (Å²) in [5.41, 5.74) is 0.773. The molecule has 2 aromatic carbocycles. The first-order chi connectivity index (χ1) is 14.9. The largest absolute Gasteiger partial charge is 0.291 e. The number of piperidine rings is 1. The molecular formula is C22H20Cl3FN4O. The second-order valence-electron chi connectivity index (χ2n) is 7.37. The van der Waals surface area contributed by atoms with E-state index in [4.69, 9.17) is 34.8 Å². The van der Waals surface area contributed by atoms with Crippen molar-refractivity contribution in [3.8, 4) is 16.9 Å². The highest BCUT2D eigenvalue weighted by atomic mass is 35.5. The van der Waals surface area contributed by atoms with E-state index in [9.17, 15) is 4.79 Å². The number of carbonyl (C=O) groups excluding carboxylic acids is 1. The van der Waals surface area contributed by atoms with Crippen molar-refractivity contribution in [3.05, 3.63) is 69.0 Å². The molecule has 1 fully saturated rings. The van der Waals surface area contributed by atoms with E-state index in [2.05, 4.69) is 5.10 Å². The fraction of sp³-hybridized carbons (Fsp3) is 0.273. The standard InChI is InChI=1S/C22H20Cl3FN4O/c1-28(29-11-3-2-4-12-29)22(31)20-19(26)21(14-5-7-15(23)8-6-14)30(27-20)18-10-9-16(24)13-17(18)25/h5-10,13H,2-4,11-12H2,1H3. The van der Waals surface area contributed by atoms with Crippen molar-refractivity contribution in [2.45, 2.75) is 19.3 Å². The number of rotatable bonds is 4. The fourth-order valence-corrected chi connectivity index (χ4v) is 4.29. The molecule has 1 amide bonds. The predicted octanol–water partition coefficient (Wildman–Crippen LogP) is 6.11. The third kappa shape index (κ3) is 4.44. The van der Waals surface area contributed by atoms with Crippen molar-refractivity contribution in [2.75, 3.05) is 20.1 Å². The molecule has 0 aliphatic carbocycles. The van der Waals surface area contributed by atoms with Crippen molar-refractivity contribution in [1.29, 1.82) is 0 Å².